The molecule has 0 spiro atoms. The van der Waals surface area contributed by atoms with E-state index in [1.165, 1.54) is 25.7 Å². The van der Waals surface area contributed by atoms with Crippen LogP contribution in [0, 0.1) is 5.92 Å². The lowest BCUT2D eigenvalue weighted by Crippen LogP contribution is -2.50. The molecule has 0 radical (unpaired) electrons. The van der Waals surface area contributed by atoms with Crippen molar-refractivity contribution in [2.24, 2.45) is 5.92 Å². The lowest BCUT2D eigenvalue weighted by Gasteiger charge is -2.29. The molecule has 1 aliphatic carbocycles. The van der Waals surface area contributed by atoms with Gasteiger partial charge in [0, 0.05) is 5.25 Å². The minimum Gasteiger partial charge on any atom is -0.465 e. The highest BCUT2D eigenvalue weighted by molar-refractivity contribution is 7.99. The number of hydrogen-bond donors (Lipinski definition) is 1. The molecular weight excluding hydrogens is 282 g/mol. The van der Waals surface area contributed by atoms with Gasteiger partial charge in [0.25, 0.3) is 0 Å². The maximum absolute atomic E-state index is 12.1. The summed E-state index contributed by atoms with van der Waals surface area (Å²) in [5, 5.41) is 4.14. The van der Waals surface area contributed by atoms with Gasteiger partial charge in [0.15, 0.2) is 0 Å². The van der Waals surface area contributed by atoms with Gasteiger partial charge in [-0.3, -0.25) is 4.79 Å². The number of hydrogen-bond acceptors (Lipinski definition) is 4. The molecule has 124 valence electrons. The predicted octanol–water partition coefficient (Wildman–Crippen LogP) is 4.01. The molecule has 1 aliphatic rings. The SMILES string of the molecule is CCNC(C)(CCCSC1CCCC(C)C1)C(=O)OCC. The van der Waals surface area contributed by atoms with E-state index in [1.807, 2.05) is 20.8 Å². The van der Waals surface area contributed by atoms with E-state index in [0.29, 0.717) is 6.61 Å². The van der Waals surface area contributed by atoms with E-state index in [0.717, 1.165) is 36.3 Å². The Bertz CT molecular complexity index is 311. The molecule has 0 heterocycles. The standard InChI is InChI=1S/C17H33NO2S/c1-5-18-17(4,16(19)20-6-2)11-8-12-21-15-10-7-9-14(3)13-15/h14-15,18H,5-13H2,1-4H3. The monoisotopic (exact) mass is 315 g/mol. The van der Waals surface area contributed by atoms with Crippen LogP contribution in [0.5, 0.6) is 0 Å². The fourth-order valence-electron chi connectivity index (χ4n) is 3.15. The van der Waals surface area contributed by atoms with Crippen LogP contribution in [0.25, 0.3) is 0 Å². The fourth-order valence-corrected chi connectivity index (χ4v) is 4.59. The molecule has 4 heteroatoms. The molecule has 1 N–H and O–H groups in total. The Hall–Kier alpha value is -0.220. The summed E-state index contributed by atoms with van der Waals surface area (Å²) in [4.78, 5) is 12.1. The summed E-state index contributed by atoms with van der Waals surface area (Å²) in [6.07, 6.45) is 7.45. The van der Waals surface area contributed by atoms with Crippen LogP contribution in [0.1, 0.15) is 66.2 Å². The van der Waals surface area contributed by atoms with Gasteiger partial charge in [-0.15, -0.1) is 0 Å². The van der Waals surface area contributed by atoms with Crippen molar-refractivity contribution >= 4 is 17.7 Å². The van der Waals surface area contributed by atoms with Gasteiger partial charge in [0.1, 0.15) is 5.54 Å². The van der Waals surface area contributed by atoms with Crippen molar-refractivity contribution in [2.45, 2.75) is 77.0 Å². The predicted molar refractivity (Wildman–Crippen MR) is 91.8 cm³/mol. The number of nitrogens with one attached hydrogen (secondary N) is 1. The molecular formula is C17H33NO2S. The highest BCUT2D eigenvalue weighted by atomic mass is 32.2. The van der Waals surface area contributed by atoms with Crippen molar-refractivity contribution in [1.29, 1.82) is 0 Å². The van der Waals surface area contributed by atoms with Crippen LogP contribution >= 0.6 is 11.8 Å². The van der Waals surface area contributed by atoms with E-state index in [2.05, 4.69) is 24.0 Å². The van der Waals surface area contributed by atoms with Gasteiger partial charge in [0.2, 0.25) is 0 Å². The highest BCUT2D eigenvalue weighted by Crippen LogP contribution is 2.32. The zero-order valence-electron chi connectivity index (χ0n) is 14.2. The second-order valence-electron chi connectivity index (χ2n) is 6.45. The minimum atomic E-state index is -0.523. The zero-order chi connectivity index (χ0) is 15.7. The lowest BCUT2D eigenvalue weighted by atomic mass is 9.91. The number of rotatable bonds is 9. The molecule has 3 unspecified atom stereocenters. The van der Waals surface area contributed by atoms with Crippen LogP contribution in [0.3, 0.4) is 0 Å². The van der Waals surface area contributed by atoms with Gasteiger partial charge < -0.3 is 10.1 Å². The van der Waals surface area contributed by atoms with E-state index in [9.17, 15) is 4.79 Å². The Morgan fingerprint density at radius 3 is 2.76 bits per heavy atom. The third-order valence-electron chi connectivity index (χ3n) is 4.36. The van der Waals surface area contributed by atoms with Crippen LogP contribution in [0.15, 0.2) is 0 Å². The molecule has 0 saturated heterocycles. The minimum absolute atomic E-state index is 0.108. The van der Waals surface area contributed by atoms with Crippen molar-refractivity contribution in [1.82, 2.24) is 5.32 Å². The molecule has 0 bridgehead atoms. The van der Waals surface area contributed by atoms with Crippen molar-refractivity contribution in [3.05, 3.63) is 0 Å². The van der Waals surface area contributed by atoms with Crippen LogP contribution < -0.4 is 5.32 Å². The van der Waals surface area contributed by atoms with Crippen LogP contribution in [-0.4, -0.2) is 35.7 Å². The Balaban J connectivity index is 2.31. The summed E-state index contributed by atoms with van der Waals surface area (Å²) in [5.74, 6) is 1.93. The summed E-state index contributed by atoms with van der Waals surface area (Å²) >= 11 is 2.11. The molecule has 1 rings (SSSR count). The molecule has 1 fully saturated rings. The molecule has 0 aromatic carbocycles. The van der Waals surface area contributed by atoms with Crippen LogP contribution in [0.2, 0.25) is 0 Å². The summed E-state index contributed by atoms with van der Waals surface area (Å²) in [5.41, 5.74) is -0.523. The normalized spacial score (nSPS) is 25.3. The van der Waals surface area contributed by atoms with E-state index in [4.69, 9.17) is 4.74 Å². The average Bonchev–Trinajstić information content (AvgIpc) is 2.44. The summed E-state index contributed by atoms with van der Waals surface area (Å²) in [6.45, 7) is 9.49. The number of ether oxygens (including phenoxy) is 1. The second-order valence-corrected chi connectivity index (χ2v) is 7.86. The Kier molecular flexibility index (Phi) is 8.72. The number of carbonyl (C=O) groups is 1. The largest absolute Gasteiger partial charge is 0.465 e. The van der Waals surface area contributed by atoms with Gasteiger partial charge in [-0.25, -0.2) is 0 Å². The van der Waals surface area contributed by atoms with Gasteiger partial charge in [-0.1, -0.05) is 26.7 Å². The summed E-state index contributed by atoms with van der Waals surface area (Å²) in [7, 11) is 0. The third-order valence-corrected chi connectivity index (χ3v) is 5.78. The van der Waals surface area contributed by atoms with E-state index >= 15 is 0 Å². The Morgan fingerprint density at radius 2 is 2.14 bits per heavy atom. The molecule has 0 aromatic heterocycles. The topological polar surface area (TPSA) is 38.3 Å². The smallest absolute Gasteiger partial charge is 0.326 e. The highest BCUT2D eigenvalue weighted by Gasteiger charge is 2.33. The van der Waals surface area contributed by atoms with Crippen molar-refractivity contribution in [3.8, 4) is 0 Å². The maximum atomic E-state index is 12.1. The fraction of sp³-hybridized carbons (Fsp3) is 0.941. The average molecular weight is 316 g/mol. The maximum Gasteiger partial charge on any atom is 0.326 e. The number of likely N-dealkylation sites (N-methyl/N-ethyl adjacent to an activating group) is 1. The number of thioether (sulfide) groups is 1. The van der Waals surface area contributed by atoms with E-state index in [-0.39, 0.29) is 5.97 Å². The van der Waals surface area contributed by atoms with Crippen molar-refractivity contribution in [3.63, 3.8) is 0 Å². The molecule has 1 saturated carbocycles. The zero-order valence-corrected chi connectivity index (χ0v) is 15.1. The first-order valence-electron chi connectivity index (χ1n) is 8.55. The van der Waals surface area contributed by atoms with Gasteiger partial charge >= 0.3 is 5.97 Å². The van der Waals surface area contributed by atoms with Crippen LogP contribution in [-0.2, 0) is 9.53 Å². The first-order chi connectivity index (χ1) is 10.0. The summed E-state index contributed by atoms with van der Waals surface area (Å²) in [6, 6.07) is 0. The number of esters is 1. The first-order valence-corrected chi connectivity index (χ1v) is 9.60. The Morgan fingerprint density at radius 1 is 1.38 bits per heavy atom. The lowest BCUT2D eigenvalue weighted by molar-refractivity contribution is -0.150. The van der Waals surface area contributed by atoms with Crippen LogP contribution in [0.4, 0.5) is 0 Å². The van der Waals surface area contributed by atoms with E-state index < -0.39 is 5.54 Å². The molecule has 0 aromatic rings. The van der Waals surface area contributed by atoms with Gasteiger partial charge in [-0.2, -0.15) is 11.8 Å². The molecule has 3 atom stereocenters. The first kappa shape index (κ1) is 18.8. The molecule has 3 nitrogen and oxygen atoms in total. The molecule has 0 aliphatic heterocycles. The second kappa shape index (κ2) is 9.73. The van der Waals surface area contributed by atoms with Crippen molar-refractivity contribution in [2.75, 3.05) is 18.9 Å². The Labute approximate surface area is 135 Å². The third kappa shape index (κ3) is 6.60. The van der Waals surface area contributed by atoms with Gasteiger partial charge in [-0.05, 0) is 57.7 Å². The van der Waals surface area contributed by atoms with E-state index in [1.54, 1.807) is 0 Å². The van der Waals surface area contributed by atoms with Crippen molar-refractivity contribution < 1.29 is 9.53 Å². The van der Waals surface area contributed by atoms with Gasteiger partial charge in [0.05, 0.1) is 6.61 Å². The molecule has 0 amide bonds. The number of carbonyl (C=O) groups excluding carboxylic acids is 1. The quantitative estimate of drug-likeness (QED) is 0.515. The summed E-state index contributed by atoms with van der Waals surface area (Å²) < 4.78 is 5.21. The molecule has 21 heavy (non-hydrogen) atoms.